The van der Waals surface area contributed by atoms with Gasteiger partial charge in [0.05, 0.1) is 0 Å². The Morgan fingerprint density at radius 3 is 2.50 bits per heavy atom. The third-order valence-corrected chi connectivity index (χ3v) is 2.82. The molecule has 1 fully saturated rings. The largest absolute Gasteiger partial charge is 0.355 e. The zero-order chi connectivity index (χ0) is 13.5. The number of nitrogens with two attached hydrogens (primary N) is 1. The molecule has 0 aliphatic carbocycles. The first-order valence-corrected chi connectivity index (χ1v) is 6.15. The van der Waals surface area contributed by atoms with E-state index in [-0.39, 0.29) is 12.5 Å². The van der Waals surface area contributed by atoms with Crippen LogP contribution in [0.1, 0.15) is 13.3 Å². The van der Waals surface area contributed by atoms with Crippen LogP contribution in [0.15, 0.2) is 0 Å². The third-order valence-electron chi connectivity index (χ3n) is 2.82. The fraction of sp³-hybridized carbons (Fsp3) is 0.727. The van der Waals surface area contributed by atoms with Gasteiger partial charge in [-0.2, -0.15) is 0 Å². The second kappa shape index (κ2) is 6.95. The second-order valence-electron chi connectivity index (χ2n) is 4.10. The molecule has 0 radical (unpaired) electrons. The van der Waals surface area contributed by atoms with Gasteiger partial charge in [0.25, 0.3) is 0 Å². The summed E-state index contributed by atoms with van der Waals surface area (Å²) in [5.74, 6) is -1.38. The maximum atomic E-state index is 11.7. The minimum Gasteiger partial charge on any atom is -0.355 e. The van der Waals surface area contributed by atoms with Gasteiger partial charge in [-0.25, -0.2) is 0 Å². The van der Waals surface area contributed by atoms with Gasteiger partial charge in [-0.3, -0.25) is 14.4 Å². The number of rotatable bonds is 6. The van der Waals surface area contributed by atoms with Gasteiger partial charge < -0.3 is 20.9 Å². The normalized spacial score (nSPS) is 16.1. The average Bonchev–Trinajstić information content (AvgIpc) is 2.36. The lowest BCUT2D eigenvalue weighted by molar-refractivity contribution is -0.156. The molecule has 0 aromatic rings. The first kappa shape index (κ1) is 14.4. The van der Waals surface area contributed by atoms with Crippen molar-refractivity contribution in [3.63, 3.8) is 0 Å². The average molecular weight is 256 g/mol. The topological polar surface area (TPSA) is 95.7 Å². The maximum Gasteiger partial charge on any atom is 0.312 e. The number of carbonyl (C=O) groups is 3. The molecule has 1 rings (SSSR count). The number of carbonyl (C=O) groups excluding carboxylic acids is 3. The fourth-order valence-corrected chi connectivity index (χ4v) is 1.73. The second-order valence-corrected chi connectivity index (χ2v) is 4.10. The molecule has 18 heavy (non-hydrogen) atoms. The van der Waals surface area contributed by atoms with E-state index < -0.39 is 11.8 Å². The summed E-state index contributed by atoms with van der Waals surface area (Å²) in [5.41, 5.74) is 5.30. The summed E-state index contributed by atoms with van der Waals surface area (Å²) in [5, 5.41) is 2.65. The first-order valence-electron chi connectivity index (χ1n) is 6.15. The highest BCUT2D eigenvalue weighted by Crippen LogP contribution is 2.04. The van der Waals surface area contributed by atoms with Crippen molar-refractivity contribution in [2.45, 2.75) is 13.3 Å². The van der Waals surface area contributed by atoms with Crippen molar-refractivity contribution in [1.82, 2.24) is 15.1 Å². The Hall–Kier alpha value is -1.63. The maximum absolute atomic E-state index is 11.7. The van der Waals surface area contributed by atoms with Gasteiger partial charge >= 0.3 is 11.8 Å². The van der Waals surface area contributed by atoms with Crippen LogP contribution in [0.4, 0.5) is 0 Å². The van der Waals surface area contributed by atoms with Crippen molar-refractivity contribution in [2.75, 3.05) is 39.3 Å². The van der Waals surface area contributed by atoms with Gasteiger partial charge in [-0.1, -0.05) is 0 Å². The zero-order valence-corrected chi connectivity index (χ0v) is 10.6. The molecule has 3 amide bonds. The summed E-state index contributed by atoms with van der Waals surface area (Å²) in [7, 11) is 0. The number of hydrogen-bond donors (Lipinski definition) is 2. The van der Waals surface area contributed by atoms with E-state index in [0.29, 0.717) is 39.1 Å². The van der Waals surface area contributed by atoms with Gasteiger partial charge in [0.2, 0.25) is 5.91 Å². The monoisotopic (exact) mass is 256 g/mol. The molecule has 0 saturated carbocycles. The number of hydrogen-bond acceptors (Lipinski definition) is 4. The molecule has 7 nitrogen and oxygen atoms in total. The van der Waals surface area contributed by atoms with Gasteiger partial charge in [-0.15, -0.1) is 0 Å². The zero-order valence-electron chi connectivity index (χ0n) is 10.6. The molecule has 1 saturated heterocycles. The van der Waals surface area contributed by atoms with E-state index in [1.54, 1.807) is 0 Å². The number of nitrogens with one attached hydrogen (secondary N) is 1. The first-order chi connectivity index (χ1) is 8.60. The predicted octanol–water partition coefficient (Wildman–Crippen LogP) is -1.86. The highest BCUT2D eigenvalue weighted by atomic mass is 16.2. The Kier molecular flexibility index (Phi) is 5.57. The van der Waals surface area contributed by atoms with Crippen LogP contribution >= 0.6 is 0 Å². The van der Waals surface area contributed by atoms with Crippen LogP contribution in [0.5, 0.6) is 0 Å². The van der Waals surface area contributed by atoms with Crippen molar-refractivity contribution in [3.8, 4) is 0 Å². The standard InChI is InChI=1S/C11H20N4O3/c1-2-14-6-7-15(11(18)10(14)17)8-9(16)13-5-3-4-12/h2-8,12H2,1H3,(H,13,16). The Balaban J connectivity index is 2.41. The highest BCUT2D eigenvalue weighted by Gasteiger charge is 2.32. The minimum atomic E-state index is -0.600. The molecule has 0 aromatic heterocycles. The molecular formula is C11H20N4O3. The van der Waals surface area contributed by atoms with Crippen LogP contribution in [-0.4, -0.2) is 66.8 Å². The summed E-state index contributed by atoms with van der Waals surface area (Å²) >= 11 is 0. The fourth-order valence-electron chi connectivity index (χ4n) is 1.73. The molecule has 102 valence electrons. The minimum absolute atomic E-state index is 0.0628. The van der Waals surface area contributed by atoms with Crippen molar-refractivity contribution in [3.05, 3.63) is 0 Å². The Bertz CT molecular complexity index is 332. The molecule has 1 aliphatic rings. The van der Waals surface area contributed by atoms with Gasteiger partial charge in [0.1, 0.15) is 6.54 Å². The van der Waals surface area contributed by atoms with Gasteiger partial charge in [-0.05, 0) is 19.9 Å². The summed E-state index contributed by atoms with van der Waals surface area (Å²) < 4.78 is 0. The van der Waals surface area contributed by atoms with E-state index in [1.807, 2.05) is 6.92 Å². The van der Waals surface area contributed by atoms with Crippen LogP contribution < -0.4 is 11.1 Å². The Labute approximate surface area is 106 Å². The Morgan fingerprint density at radius 1 is 1.28 bits per heavy atom. The van der Waals surface area contributed by atoms with E-state index in [1.165, 1.54) is 9.80 Å². The van der Waals surface area contributed by atoms with E-state index in [2.05, 4.69) is 5.32 Å². The quantitative estimate of drug-likeness (QED) is 0.430. The molecule has 1 aliphatic heterocycles. The molecule has 0 atom stereocenters. The van der Waals surface area contributed by atoms with Crippen LogP contribution in [0.3, 0.4) is 0 Å². The van der Waals surface area contributed by atoms with E-state index in [0.717, 1.165) is 0 Å². The van der Waals surface area contributed by atoms with Crippen molar-refractivity contribution < 1.29 is 14.4 Å². The van der Waals surface area contributed by atoms with E-state index in [4.69, 9.17) is 5.73 Å². The number of amides is 3. The van der Waals surface area contributed by atoms with Crippen molar-refractivity contribution >= 4 is 17.7 Å². The lowest BCUT2D eigenvalue weighted by Gasteiger charge is -2.32. The van der Waals surface area contributed by atoms with Gasteiger partial charge in [0, 0.05) is 26.2 Å². The van der Waals surface area contributed by atoms with Crippen LogP contribution in [0, 0.1) is 0 Å². The summed E-state index contributed by atoms with van der Waals surface area (Å²) in [4.78, 5) is 37.6. The van der Waals surface area contributed by atoms with Crippen LogP contribution in [0.25, 0.3) is 0 Å². The lowest BCUT2D eigenvalue weighted by Crippen LogP contribution is -2.56. The molecule has 0 aromatic carbocycles. The molecule has 1 heterocycles. The smallest absolute Gasteiger partial charge is 0.312 e. The molecule has 7 heteroatoms. The molecular weight excluding hydrogens is 236 g/mol. The summed E-state index contributed by atoms with van der Waals surface area (Å²) in [6, 6.07) is 0. The van der Waals surface area contributed by atoms with Gasteiger partial charge in [0.15, 0.2) is 0 Å². The van der Waals surface area contributed by atoms with Crippen LogP contribution in [0.2, 0.25) is 0 Å². The summed E-state index contributed by atoms with van der Waals surface area (Å²) in [6.45, 7) is 4.16. The molecule has 0 bridgehead atoms. The van der Waals surface area contributed by atoms with Crippen molar-refractivity contribution in [1.29, 1.82) is 0 Å². The third kappa shape index (κ3) is 3.69. The molecule has 0 spiro atoms. The Morgan fingerprint density at radius 2 is 1.89 bits per heavy atom. The van der Waals surface area contributed by atoms with E-state index >= 15 is 0 Å². The summed E-state index contributed by atoms with van der Waals surface area (Å²) in [6.07, 6.45) is 0.697. The number of likely N-dealkylation sites (N-methyl/N-ethyl adjacent to an activating group) is 1. The lowest BCUT2D eigenvalue weighted by atomic mass is 10.3. The molecule has 3 N–H and O–H groups in total. The molecule has 0 unspecified atom stereocenters. The van der Waals surface area contributed by atoms with Crippen LogP contribution in [-0.2, 0) is 14.4 Å². The van der Waals surface area contributed by atoms with Crippen molar-refractivity contribution in [2.24, 2.45) is 5.73 Å². The number of piperazine rings is 1. The number of nitrogens with zero attached hydrogens (tertiary/aromatic N) is 2. The predicted molar refractivity (Wildman–Crippen MR) is 65.5 cm³/mol. The SMILES string of the molecule is CCN1CCN(CC(=O)NCCCN)C(=O)C1=O. The highest BCUT2D eigenvalue weighted by molar-refractivity contribution is 6.35. The van der Waals surface area contributed by atoms with E-state index in [9.17, 15) is 14.4 Å².